The zero-order valence-corrected chi connectivity index (χ0v) is 14.6. The lowest BCUT2D eigenvalue weighted by molar-refractivity contribution is -0.139. The standard InChI is InChI=1S/C18H19ClFNO4/c1-11(18(22)23)21-9-13-7-16(24-2)17(8-14(13)19)25-10-12-5-3-4-6-15(12)20/h3-8,11,21H,9-10H2,1-2H3,(H,22,23). The molecule has 0 fully saturated rings. The van der Waals surface area contributed by atoms with Crippen LogP contribution in [0.2, 0.25) is 5.02 Å². The molecule has 7 heteroatoms. The van der Waals surface area contributed by atoms with Crippen LogP contribution in [0.15, 0.2) is 36.4 Å². The maximum absolute atomic E-state index is 13.7. The fourth-order valence-electron chi connectivity index (χ4n) is 2.11. The number of methoxy groups -OCH3 is 1. The summed E-state index contributed by atoms with van der Waals surface area (Å²) in [7, 11) is 1.48. The number of hydrogen-bond donors (Lipinski definition) is 2. The number of carboxylic acid groups (broad SMARTS) is 1. The minimum absolute atomic E-state index is 0.0347. The van der Waals surface area contributed by atoms with Gasteiger partial charge in [-0.25, -0.2) is 4.39 Å². The van der Waals surface area contributed by atoms with E-state index in [1.807, 2.05) is 0 Å². The van der Waals surface area contributed by atoms with Gasteiger partial charge in [0.15, 0.2) is 11.5 Å². The quantitative estimate of drug-likeness (QED) is 0.745. The summed E-state index contributed by atoms with van der Waals surface area (Å²) in [6.45, 7) is 1.84. The van der Waals surface area contributed by atoms with E-state index in [1.165, 1.54) is 13.2 Å². The van der Waals surface area contributed by atoms with Crippen molar-refractivity contribution in [2.24, 2.45) is 0 Å². The third kappa shape index (κ3) is 5.08. The van der Waals surface area contributed by atoms with E-state index in [0.717, 1.165) is 0 Å². The molecule has 0 saturated carbocycles. The highest BCUT2D eigenvalue weighted by molar-refractivity contribution is 6.31. The molecule has 0 aliphatic heterocycles. The molecular weight excluding hydrogens is 349 g/mol. The highest BCUT2D eigenvalue weighted by Gasteiger charge is 2.14. The van der Waals surface area contributed by atoms with Gasteiger partial charge in [-0.05, 0) is 24.6 Å². The molecule has 1 unspecified atom stereocenters. The van der Waals surface area contributed by atoms with Gasteiger partial charge in [0.25, 0.3) is 0 Å². The average Bonchev–Trinajstić information content (AvgIpc) is 2.59. The van der Waals surface area contributed by atoms with Gasteiger partial charge in [-0.1, -0.05) is 29.8 Å². The molecule has 0 saturated heterocycles. The number of carbonyl (C=O) groups is 1. The fraction of sp³-hybridized carbons (Fsp3) is 0.278. The zero-order chi connectivity index (χ0) is 18.4. The van der Waals surface area contributed by atoms with Gasteiger partial charge in [-0.2, -0.15) is 0 Å². The molecule has 2 N–H and O–H groups in total. The minimum Gasteiger partial charge on any atom is -0.493 e. The predicted molar refractivity (Wildman–Crippen MR) is 92.7 cm³/mol. The van der Waals surface area contributed by atoms with Crippen molar-refractivity contribution in [2.75, 3.05) is 7.11 Å². The molecule has 2 rings (SSSR count). The first-order chi connectivity index (χ1) is 11.9. The molecule has 0 aliphatic rings. The SMILES string of the molecule is COc1cc(CNC(C)C(=O)O)c(Cl)cc1OCc1ccccc1F. The molecule has 0 spiro atoms. The molecule has 0 heterocycles. The van der Waals surface area contributed by atoms with Crippen LogP contribution in [0.25, 0.3) is 0 Å². The van der Waals surface area contributed by atoms with Crippen molar-refractivity contribution in [3.05, 3.63) is 58.4 Å². The second-order valence-electron chi connectivity index (χ2n) is 5.42. The Hall–Kier alpha value is -2.31. The monoisotopic (exact) mass is 367 g/mol. The number of halogens is 2. The number of carboxylic acids is 1. The highest BCUT2D eigenvalue weighted by Crippen LogP contribution is 2.34. The highest BCUT2D eigenvalue weighted by atomic mass is 35.5. The number of aliphatic carboxylic acids is 1. The number of hydrogen-bond acceptors (Lipinski definition) is 4. The maximum atomic E-state index is 13.7. The Morgan fingerprint density at radius 1 is 1.28 bits per heavy atom. The van der Waals surface area contributed by atoms with Gasteiger partial charge >= 0.3 is 5.97 Å². The Balaban J connectivity index is 2.13. The zero-order valence-electron chi connectivity index (χ0n) is 13.9. The van der Waals surface area contributed by atoms with Crippen LogP contribution < -0.4 is 14.8 Å². The van der Waals surface area contributed by atoms with Crippen molar-refractivity contribution >= 4 is 17.6 Å². The number of nitrogens with one attached hydrogen (secondary N) is 1. The Bertz CT molecular complexity index is 754. The predicted octanol–water partition coefficient (Wildman–Crippen LogP) is 3.63. The van der Waals surface area contributed by atoms with E-state index in [9.17, 15) is 9.18 Å². The third-order valence-corrected chi connectivity index (χ3v) is 3.99. The fourth-order valence-corrected chi connectivity index (χ4v) is 2.33. The van der Waals surface area contributed by atoms with Crippen LogP contribution in [0.4, 0.5) is 4.39 Å². The summed E-state index contributed by atoms with van der Waals surface area (Å²) in [5.74, 6) is -0.490. The van der Waals surface area contributed by atoms with E-state index in [1.54, 1.807) is 37.3 Å². The number of rotatable bonds is 8. The molecule has 134 valence electrons. The van der Waals surface area contributed by atoms with Gasteiger partial charge < -0.3 is 19.9 Å². The number of benzene rings is 2. The molecule has 25 heavy (non-hydrogen) atoms. The van der Waals surface area contributed by atoms with Crippen LogP contribution in [0.1, 0.15) is 18.1 Å². The molecule has 1 atom stereocenters. The van der Waals surface area contributed by atoms with Crippen LogP contribution in [-0.4, -0.2) is 24.2 Å². The second kappa shape index (κ2) is 8.69. The van der Waals surface area contributed by atoms with Gasteiger partial charge in [0.2, 0.25) is 0 Å². The van der Waals surface area contributed by atoms with Crippen molar-refractivity contribution in [1.29, 1.82) is 0 Å². The lowest BCUT2D eigenvalue weighted by Crippen LogP contribution is -2.33. The van der Waals surface area contributed by atoms with E-state index in [0.29, 0.717) is 27.6 Å². The molecule has 0 amide bonds. The van der Waals surface area contributed by atoms with Crippen molar-refractivity contribution in [3.8, 4) is 11.5 Å². The second-order valence-corrected chi connectivity index (χ2v) is 5.82. The van der Waals surface area contributed by atoms with Gasteiger partial charge in [0.05, 0.1) is 7.11 Å². The van der Waals surface area contributed by atoms with Gasteiger partial charge in [0, 0.05) is 23.2 Å². The van der Waals surface area contributed by atoms with E-state index in [2.05, 4.69) is 5.32 Å². The van der Waals surface area contributed by atoms with Gasteiger partial charge in [-0.15, -0.1) is 0 Å². The Morgan fingerprint density at radius 2 is 2.00 bits per heavy atom. The molecule has 0 bridgehead atoms. The summed E-state index contributed by atoms with van der Waals surface area (Å²) in [6, 6.07) is 8.86. The summed E-state index contributed by atoms with van der Waals surface area (Å²) in [5.41, 5.74) is 1.09. The van der Waals surface area contributed by atoms with Crippen LogP contribution >= 0.6 is 11.6 Å². The van der Waals surface area contributed by atoms with Crippen molar-refractivity contribution < 1.29 is 23.8 Å². The summed E-state index contributed by atoms with van der Waals surface area (Å²) in [4.78, 5) is 10.9. The molecule has 0 aliphatic carbocycles. The summed E-state index contributed by atoms with van der Waals surface area (Å²) >= 11 is 6.24. The number of ether oxygens (including phenoxy) is 2. The Labute approximate surface area is 150 Å². The Kier molecular flexibility index (Phi) is 6.61. The minimum atomic E-state index is -0.951. The normalized spacial score (nSPS) is 11.8. The van der Waals surface area contributed by atoms with Crippen LogP contribution in [0.3, 0.4) is 0 Å². The average molecular weight is 368 g/mol. The smallest absolute Gasteiger partial charge is 0.320 e. The van der Waals surface area contributed by atoms with Gasteiger partial charge in [0.1, 0.15) is 18.5 Å². The van der Waals surface area contributed by atoms with Crippen LogP contribution in [0, 0.1) is 5.82 Å². The van der Waals surface area contributed by atoms with E-state index in [-0.39, 0.29) is 19.0 Å². The summed E-state index contributed by atoms with van der Waals surface area (Å²) in [6.07, 6.45) is 0. The molecule has 0 aromatic heterocycles. The lowest BCUT2D eigenvalue weighted by atomic mass is 10.1. The van der Waals surface area contributed by atoms with Crippen molar-refractivity contribution in [1.82, 2.24) is 5.32 Å². The molecule has 2 aromatic carbocycles. The molecule has 0 radical (unpaired) electrons. The van der Waals surface area contributed by atoms with E-state index >= 15 is 0 Å². The molecule has 2 aromatic rings. The first-order valence-corrected chi connectivity index (χ1v) is 7.99. The first kappa shape index (κ1) is 19.0. The van der Waals surface area contributed by atoms with Crippen molar-refractivity contribution in [2.45, 2.75) is 26.1 Å². The van der Waals surface area contributed by atoms with Crippen molar-refractivity contribution in [3.63, 3.8) is 0 Å². The lowest BCUT2D eigenvalue weighted by Gasteiger charge is -2.15. The van der Waals surface area contributed by atoms with E-state index < -0.39 is 12.0 Å². The van der Waals surface area contributed by atoms with Crippen LogP contribution in [-0.2, 0) is 17.9 Å². The largest absolute Gasteiger partial charge is 0.493 e. The van der Waals surface area contributed by atoms with Crippen LogP contribution in [0.5, 0.6) is 11.5 Å². The summed E-state index contributed by atoms with van der Waals surface area (Å²) in [5, 5.41) is 12.1. The molecular formula is C18H19ClFNO4. The third-order valence-electron chi connectivity index (χ3n) is 3.64. The topological polar surface area (TPSA) is 67.8 Å². The maximum Gasteiger partial charge on any atom is 0.320 e. The Morgan fingerprint density at radius 3 is 2.64 bits per heavy atom. The van der Waals surface area contributed by atoms with Gasteiger partial charge in [-0.3, -0.25) is 4.79 Å². The summed E-state index contributed by atoms with van der Waals surface area (Å²) < 4.78 is 24.6. The molecule has 5 nitrogen and oxygen atoms in total. The van der Waals surface area contributed by atoms with E-state index in [4.69, 9.17) is 26.2 Å². The first-order valence-electron chi connectivity index (χ1n) is 7.61.